The van der Waals surface area contributed by atoms with Gasteiger partial charge in [-0.3, -0.25) is 0 Å². The average molecular weight is 281 g/mol. The third-order valence-electron chi connectivity index (χ3n) is 2.97. The largest absolute Gasteiger partial charge is 0.326 e. The minimum atomic E-state index is -3.63. The molecule has 0 saturated heterocycles. The van der Waals surface area contributed by atoms with E-state index >= 15 is 0 Å². The second-order valence-corrected chi connectivity index (χ2v) is 6.59. The number of benzene rings is 1. The Labute approximate surface area is 114 Å². The standard InChI is InChI=1S/C13H19N3O2S/c1-9(2)12(15)8-16-19(17,18)13-6-11(7-14)5-4-10(13)3/h4-6,9,12,16H,8,15H2,1-3H3. The number of hydrogen-bond donors (Lipinski definition) is 2. The van der Waals surface area contributed by atoms with Crippen molar-refractivity contribution in [3.05, 3.63) is 29.3 Å². The first kappa shape index (κ1) is 15.6. The fourth-order valence-corrected chi connectivity index (χ4v) is 2.82. The number of nitrogens with two attached hydrogens (primary N) is 1. The molecule has 3 N–H and O–H groups in total. The Kier molecular flexibility index (Phi) is 5.06. The summed E-state index contributed by atoms with van der Waals surface area (Å²) in [6.07, 6.45) is 0. The minimum Gasteiger partial charge on any atom is -0.326 e. The van der Waals surface area contributed by atoms with Gasteiger partial charge < -0.3 is 5.73 Å². The molecule has 1 aromatic rings. The summed E-state index contributed by atoms with van der Waals surface area (Å²) in [5.74, 6) is 0.189. The summed E-state index contributed by atoms with van der Waals surface area (Å²) in [5, 5.41) is 8.82. The van der Waals surface area contributed by atoms with E-state index in [0.29, 0.717) is 11.1 Å². The second kappa shape index (κ2) is 6.15. The van der Waals surface area contributed by atoms with Gasteiger partial charge in [0.15, 0.2) is 0 Å². The smallest absolute Gasteiger partial charge is 0.240 e. The van der Waals surface area contributed by atoms with Crippen LogP contribution in [0.3, 0.4) is 0 Å². The van der Waals surface area contributed by atoms with Crippen molar-refractivity contribution in [1.82, 2.24) is 4.72 Å². The third kappa shape index (κ3) is 4.03. The molecule has 0 aromatic heterocycles. The van der Waals surface area contributed by atoms with Crippen LogP contribution in [0.25, 0.3) is 0 Å². The van der Waals surface area contributed by atoms with Crippen LogP contribution in [0.4, 0.5) is 0 Å². The van der Waals surface area contributed by atoms with Crippen molar-refractivity contribution >= 4 is 10.0 Å². The highest BCUT2D eigenvalue weighted by Gasteiger charge is 2.19. The zero-order chi connectivity index (χ0) is 14.6. The summed E-state index contributed by atoms with van der Waals surface area (Å²) >= 11 is 0. The molecule has 0 spiro atoms. The van der Waals surface area contributed by atoms with Crippen LogP contribution in [0.5, 0.6) is 0 Å². The molecule has 0 aliphatic rings. The lowest BCUT2D eigenvalue weighted by Crippen LogP contribution is -2.40. The zero-order valence-corrected chi connectivity index (χ0v) is 12.2. The number of rotatable bonds is 5. The monoisotopic (exact) mass is 281 g/mol. The molecular formula is C13H19N3O2S. The molecule has 0 radical (unpaired) electrons. The van der Waals surface area contributed by atoms with Gasteiger partial charge in [0.25, 0.3) is 0 Å². The molecule has 0 saturated carbocycles. The molecule has 19 heavy (non-hydrogen) atoms. The van der Waals surface area contributed by atoms with E-state index in [0.717, 1.165) is 0 Å². The van der Waals surface area contributed by atoms with Crippen LogP contribution < -0.4 is 10.5 Å². The number of nitrogens with zero attached hydrogens (tertiary/aromatic N) is 1. The number of nitrogens with one attached hydrogen (secondary N) is 1. The molecule has 0 amide bonds. The Balaban J connectivity index is 2.98. The molecule has 0 bridgehead atoms. The highest BCUT2D eigenvalue weighted by Crippen LogP contribution is 2.16. The molecule has 5 nitrogen and oxygen atoms in total. The van der Waals surface area contributed by atoms with E-state index in [-0.39, 0.29) is 23.4 Å². The van der Waals surface area contributed by atoms with E-state index < -0.39 is 10.0 Å². The highest BCUT2D eigenvalue weighted by molar-refractivity contribution is 7.89. The van der Waals surface area contributed by atoms with Gasteiger partial charge in [-0.05, 0) is 30.5 Å². The van der Waals surface area contributed by atoms with Crippen molar-refractivity contribution in [3.8, 4) is 6.07 Å². The summed E-state index contributed by atoms with van der Waals surface area (Å²) in [6, 6.07) is 6.28. The van der Waals surface area contributed by atoms with Crippen LogP contribution in [-0.4, -0.2) is 21.0 Å². The first-order valence-corrected chi connectivity index (χ1v) is 7.52. The normalized spacial score (nSPS) is 13.3. The maximum absolute atomic E-state index is 12.2. The Morgan fingerprint density at radius 2 is 2.05 bits per heavy atom. The SMILES string of the molecule is Cc1ccc(C#N)cc1S(=O)(=O)NCC(N)C(C)C. The Morgan fingerprint density at radius 3 is 2.58 bits per heavy atom. The fraction of sp³-hybridized carbons (Fsp3) is 0.462. The van der Waals surface area contributed by atoms with E-state index in [1.54, 1.807) is 19.1 Å². The van der Waals surface area contributed by atoms with Crippen LogP contribution in [-0.2, 0) is 10.0 Å². The van der Waals surface area contributed by atoms with Gasteiger partial charge in [-0.2, -0.15) is 5.26 Å². The van der Waals surface area contributed by atoms with Crippen LogP contribution in [0.15, 0.2) is 23.1 Å². The fourth-order valence-electron chi connectivity index (χ4n) is 1.48. The third-order valence-corrected chi connectivity index (χ3v) is 4.54. The first-order valence-electron chi connectivity index (χ1n) is 6.04. The number of sulfonamides is 1. The molecule has 0 heterocycles. The summed E-state index contributed by atoms with van der Waals surface area (Å²) < 4.78 is 26.8. The second-order valence-electron chi connectivity index (χ2n) is 4.85. The van der Waals surface area contributed by atoms with Crippen molar-refractivity contribution in [2.24, 2.45) is 11.7 Å². The van der Waals surface area contributed by atoms with Crippen LogP contribution in [0.2, 0.25) is 0 Å². The molecule has 0 aliphatic heterocycles. The molecule has 1 aromatic carbocycles. The lowest BCUT2D eigenvalue weighted by Gasteiger charge is -2.17. The lowest BCUT2D eigenvalue weighted by molar-refractivity contribution is 0.481. The van der Waals surface area contributed by atoms with Crippen molar-refractivity contribution in [3.63, 3.8) is 0 Å². The van der Waals surface area contributed by atoms with Crippen molar-refractivity contribution in [1.29, 1.82) is 5.26 Å². The summed E-state index contributed by atoms with van der Waals surface area (Å²) in [4.78, 5) is 0.127. The molecule has 0 aliphatic carbocycles. The molecule has 1 atom stereocenters. The van der Waals surface area contributed by atoms with E-state index in [9.17, 15) is 8.42 Å². The molecule has 0 fully saturated rings. The Bertz CT molecular complexity index is 588. The van der Waals surface area contributed by atoms with Gasteiger partial charge in [0.1, 0.15) is 0 Å². The van der Waals surface area contributed by atoms with E-state index in [2.05, 4.69) is 4.72 Å². The summed E-state index contributed by atoms with van der Waals surface area (Å²) in [7, 11) is -3.63. The predicted octanol–water partition coefficient (Wildman–Crippen LogP) is 1.13. The van der Waals surface area contributed by atoms with Gasteiger partial charge in [0.2, 0.25) is 10.0 Å². The van der Waals surface area contributed by atoms with Crippen molar-refractivity contribution in [2.45, 2.75) is 31.7 Å². The maximum atomic E-state index is 12.2. The van der Waals surface area contributed by atoms with Gasteiger partial charge in [0, 0.05) is 12.6 Å². The maximum Gasteiger partial charge on any atom is 0.240 e. The minimum absolute atomic E-state index is 0.127. The lowest BCUT2D eigenvalue weighted by atomic mass is 10.1. The summed E-state index contributed by atoms with van der Waals surface area (Å²) in [6.45, 7) is 5.73. The summed E-state index contributed by atoms with van der Waals surface area (Å²) in [5.41, 5.74) is 6.74. The van der Waals surface area contributed by atoms with Gasteiger partial charge >= 0.3 is 0 Å². The number of hydrogen-bond acceptors (Lipinski definition) is 4. The topological polar surface area (TPSA) is 96.0 Å². The Hall–Kier alpha value is -1.42. The van der Waals surface area contributed by atoms with Crippen LogP contribution in [0, 0.1) is 24.2 Å². The molecule has 104 valence electrons. The molecule has 1 rings (SSSR count). The van der Waals surface area contributed by atoms with Crippen molar-refractivity contribution < 1.29 is 8.42 Å². The quantitative estimate of drug-likeness (QED) is 0.845. The number of aryl methyl sites for hydroxylation is 1. The van der Waals surface area contributed by atoms with E-state index in [4.69, 9.17) is 11.0 Å². The van der Waals surface area contributed by atoms with Gasteiger partial charge in [-0.15, -0.1) is 0 Å². The Morgan fingerprint density at radius 1 is 1.42 bits per heavy atom. The molecule has 1 unspecified atom stereocenters. The molecule has 6 heteroatoms. The van der Waals surface area contributed by atoms with Gasteiger partial charge in [0.05, 0.1) is 16.5 Å². The van der Waals surface area contributed by atoms with E-state index in [1.807, 2.05) is 19.9 Å². The van der Waals surface area contributed by atoms with Crippen LogP contribution in [0.1, 0.15) is 25.0 Å². The van der Waals surface area contributed by atoms with Crippen LogP contribution >= 0.6 is 0 Å². The zero-order valence-electron chi connectivity index (χ0n) is 11.3. The van der Waals surface area contributed by atoms with Crippen molar-refractivity contribution in [2.75, 3.05) is 6.54 Å². The van der Waals surface area contributed by atoms with Gasteiger partial charge in [-0.25, -0.2) is 13.1 Å². The predicted molar refractivity (Wildman–Crippen MR) is 73.9 cm³/mol. The average Bonchev–Trinajstić information content (AvgIpc) is 2.36. The highest BCUT2D eigenvalue weighted by atomic mass is 32.2. The number of nitriles is 1. The molecular weight excluding hydrogens is 262 g/mol. The first-order chi connectivity index (χ1) is 8.77. The van der Waals surface area contributed by atoms with E-state index in [1.165, 1.54) is 6.07 Å². The van der Waals surface area contributed by atoms with Gasteiger partial charge in [-0.1, -0.05) is 19.9 Å².